The van der Waals surface area contributed by atoms with Gasteiger partial charge in [0.1, 0.15) is 5.82 Å². The number of rotatable bonds is 2. The molecular weight excluding hydrogens is 298 g/mol. The van der Waals surface area contributed by atoms with E-state index in [9.17, 15) is 0 Å². The van der Waals surface area contributed by atoms with Crippen LogP contribution in [0.15, 0.2) is 36.4 Å². The Morgan fingerprint density at radius 2 is 1.62 bits per heavy atom. The topological polar surface area (TPSA) is 55.1 Å². The average Bonchev–Trinajstić information content (AvgIpc) is 2.93. The van der Waals surface area contributed by atoms with Crippen LogP contribution < -0.4 is 5.32 Å². The molecule has 0 unspecified atom stereocenters. The number of para-hydroxylation sites is 2. The number of aromatic nitrogens is 4. The van der Waals surface area contributed by atoms with Crippen molar-refractivity contribution < 1.29 is 0 Å². The van der Waals surface area contributed by atoms with Crippen LogP contribution in [0.5, 0.6) is 0 Å². The lowest BCUT2D eigenvalue weighted by atomic mass is 10.1. The van der Waals surface area contributed by atoms with Crippen LogP contribution in [-0.4, -0.2) is 19.6 Å². The smallest absolute Gasteiger partial charge is 0.204 e. The van der Waals surface area contributed by atoms with E-state index in [-0.39, 0.29) is 0 Å². The minimum atomic E-state index is 0.726. The predicted octanol–water partition coefficient (Wildman–Crippen LogP) is 4.25. The van der Waals surface area contributed by atoms with E-state index in [0.29, 0.717) is 0 Å². The Kier molecular flexibility index (Phi) is 3.23. The third-order valence-corrected chi connectivity index (χ3v) is 4.31. The van der Waals surface area contributed by atoms with Crippen molar-refractivity contribution in [3.05, 3.63) is 58.9 Å². The Labute approximate surface area is 140 Å². The van der Waals surface area contributed by atoms with Gasteiger partial charge in [-0.15, -0.1) is 10.2 Å². The fraction of sp³-hybridized carbons (Fsp3) is 0.211. The zero-order valence-corrected chi connectivity index (χ0v) is 14.3. The highest BCUT2D eigenvalue weighted by molar-refractivity contribution is 5.85. The molecule has 24 heavy (non-hydrogen) atoms. The summed E-state index contributed by atoms with van der Waals surface area (Å²) >= 11 is 0. The lowest BCUT2D eigenvalue weighted by Crippen LogP contribution is -2.03. The van der Waals surface area contributed by atoms with Crippen molar-refractivity contribution in [1.82, 2.24) is 19.6 Å². The van der Waals surface area contributed by atoms with E-state index >= 15 is 0 Å². The van der Waals surface area contributed by atoms with Crippen molar-refractivity contribution in [2.45, 2.75) is 27.7 Å². The minimum Gasteiger partial charge on any atom is -0.337 e. The molecule has 0 aliphatic heterocycles. The molecule has 4 rings (SSSR count). The molecule has 5 nitrogen and oxygen atoms in total. The molecule has 0 saturated carbocycles. The van der Waals surface area contributed by atoms with Gasteiger partial charge in [-0.05, 0) is 51.0 Å². The second-order valence-corrected chi connectivity index (χ2v) is 6.25. The quantitative estimate of drug-likeness (QED) is 0.600. The lowest BCUT2D eigenvalue weighted by Gasteiger charge is -2.14. The molecule has 1 N–H and O–H groups in total. The third-order valence-electron chi connectivity index (χ3n) is 4.31. The summed E-state index contributed by atoms with van der Waals surface area (Å²) in [5.74, 6) is 1.58. The second kappa shape index (κ2) is 5.30. The van der Waals surface area contributed by atoms with Crippen LogP contribution in [0.2, 0.25) is 0 Å². The average molecular weight is 317 g/mol. The van der Waals surface area contributed by atoms with Gasteiger partial charge in [0, 0.05) is 5.69 Å². The van der Waals surface area contributed by atoms with Gasteiger partial charge < -0.3 is 5.32 Å². The monoisotopic (exact) mass is 317 g/mol. The summed E-state index contributed by atoms with van der Waals surface area (Å²) < 4.78 is 2.05. The van der Waals surface area contributed by atoms with E-state index in [1.807, 2.05) is 35.6 Å². The van der Waals surface area contributed by atoms with Crippen molar-refractivity contribution >= 4 is 28.2 Å². The molecule has 0 fully saturated rings. The van der Waals surface area contributed by atoms with Gasteiger partial charge in [-0.3, -0.25) is 4.40 Å². The van der Waals surface area contributed by atoms with Crippen LogP contribution in [0.25, 0.3) is 16.7 Å². The van der Waals surface area contributed by atoms with Crippen LogP contribution >= 0.6 is 0 Å². The van der Waals surface area contributed by atoms with Gasteiger partial charge >= 0.3 is 0 Å². The minimum absolute atomic E-state index is 0.726. The van der Waals surface area contributed by atoms with Gasteiger partial charge in [0.05, 0.1) is 11.0 Å². The van der Waals surface area contributed by atoms with Gasteiger partial charge in [-0.1, -0.05) is 29.8 Å². The summed E-state index contributed by atoms with van der Waals surface area (Å²) in [4.78, 5) is 4.78. The van der Waals surface area contributed by atoms with Crippen molar-refractivity contribution in [3.8, 4) is 0 Å². The molecule has 0 atom stereocenters. The standard InChI is InChI=1S/C19H19N5/c1-11-9-12(2)17(13(3)10-11)21-18-19-23-22-14(4)24(19)16-8-6-5-7-15(16)20-18/h5-10H,1-4H3,(H,20,21). The second-order valence-electron chi connectivity index (χ2n) is 6.25. The Hall–Kier alpha value is -2.95. The number of fused-ring (bicyclic) bond motifs is 3. The number of nitrogens with one attached hydrogen (secondary N) is 1. The number of aryl methyl sites for hydroxylation is 4. The predicted molar refractivity (Wildman–Crippen MR) is 97.0 cm³/mol. The molecule has 5 heteroatoms. The lowest BCUT2D eigenvalue weighted by molar-refractivity contribution is 1.02. The van der Waals surface area contributed by atoms with E-state index in [1.54, 1.807) is 0 Å². The van der Waals surface area contributed by atoms with Crippen LogP contribution in [-0.2, 0) is 0 Å². The maximum atomic E-state index is 4.78. The van der Waals surface area contributed by atoms with Crippen LogP contribution in [0.3, 0.4) is 0 Å². The fourth-order valence-corrected chi connectivity index (χ4v) is 3.30. The summed E-state index contributed by atoms with van der Waals surface area (Å²) in [6, 6.07) is 12.4. The van der Waals surface area contributed by atoms with Crippen LogP contribution in [0.1, 0.15) is 22.5 Å². The van der Waals surface area contributed by atoms with E-state index in [1.165, 1.54) is 16.7 Å². The molecule has 0 spiro atoms. The highest BCUT2D eigenvalue weighted by Crippen LogP contribution is 2.28. The number of nitrogens with zero attached hydrogens (tertiary/aromatic N) is 4. The third kappa shape index (κ3) is 2.21. The number of hydrogen-bond acceptors (Lipinski definition) is 4. The van der Waals surface area contributed by atoms with Gasteiger partial charge in [0.15, 0.2) is 5.82 Å². The molecule has 0 bridgehead atoms. The number of benzene rings is 2. The van der Waals surface area contributed by atoms with Gasteiger partial charge in [0.2, 0.25) is 5.65 Å². The Balaban J connectivity index is 1.97. The highest BCUT2D eigenvalue weighted by atomic mass is 15.3. The Bertz CT molecular complexity index is 1050. The van der Waals surface area contributed by atoms with E-state index < -0.39 is 0 Å². The van der Waals surface area contributed by atoms with Gasteiger partial charge in [-0.25, -0.2) is 4.98 Å². The summed E-state index contributed by atoms with van der Waals surface area (Å²) in [5, 5.41) is 12.1. The van der Waals surface area contributed by atoms with Crippen LogP contribution in [0.4, 0.5) is 11.5 Å². The number of anilines is 2. The largest absolute Gasteiger partial charge is 0.337 e. The fourth-order valence-electron chi connectivity index (χ4n) is 3.30. The van der Waals surface area contributed by atoms with Gasteiger partial charge in [0.25, 0.3) is 0 Å². The summed E-state index contributed by atoms with van der Waals surface area (Å²) in [7, 11) is 0. The first-order valence-corrected chi connectivity index (χ1v) is 8.00. The molecule has 0 saturated heterocycles. The van der Waals surface area contributed by atoms with Crippen molar-refractivity contribution in [2.75, 3.05) is 5.32 Å². The first kappa shape index (κ1) is 14.6. The molecule has 2 heterocycles. The molecule has 0 radical (unpaired) electrons. The highest BCUT2D eigenvalue weighted by Gasteiger charge is 2.14. The summed E-state index contributed by atoms with van der Waals surface area (Å²) in [6.07, 6.45) is 0. The first-order valence-electron chi connectivity index (χ1n) is 8.00. The molecule has 2 aromatic carbocycles. The Morgan fingerprint density at radius 3 is 2.38 bits per heavy atom. The molecular formula is C19H19N5. The maximum absolute atomic E-state index is 4.78. The van der Waals surface area contributed by atoms with Gasteiger partial charge in [-0.2, -0.15) is 0 Å². The zero-order chi connectivity index (χ0) is 16.8. The molecule has 2 aromatic heterocycles. The molecule has 0 amide bonds. The van der Waals surface area contributed by atoms with Crippen molar-refractivity contribution in [2.24, 2.45) is 0 Å². The van der Waals surface area contributed by atoms with E-state index in [0.717, 1.165) is 34.0 Å². The van der Waals surface area contributed by atoms with Crippen molar-refractivity contribution in [1.29, 1.82) is 0 Å². The van der Waals surface area contributed by atoms with Crippen molar-refractivity contribution in [3.63, 3.8) is 0 Å². The molecule has 120 valence electrons. The summed E-state index contributed by atoms with van der Waals surface area (Å²) in [6.45, 7) is 8.28. The zero-order valence-electron chi connectivity index (χ0n) is 14.3. The summed E-state index contributed by atoms with van der Waals surface area (Å²) in [5.41, 5.74) is 7.38. The normalized spacial score (nSPS) is 11.3. The Morgan fingerprint density at radius 1 is 0.917 bits per heavy atom. The van der Waals surface area contributed by atoms with E-state index in [2.05, 4.69) is 48.4 Å². The molecule has 0 aliphatic carbocycles. The molecule has 4 aromatic rings. The maximum Gasteiger partial charge on any atom is 0.204 e. The molecule has 0 aliphatic rings. The van der Waals surface area contributed by atoms with E-state index in [4.69, 9.17) is 4.98 Å². The van der Waals surface area contributed by atoms with Crippen LogP contribution in [0, 0.1) is 27.7 Å². The SMILES string of the molecule is Cc1cc(C)c(Nc2nc3ccccc3n3c(C)nnc23)c(C)c1. The first-order chi connectivity index (χ1) is 11.5. The number of hydrogen-bond donors (Lipinski definition) is 1.